The molecule has 0 aliphatic carbocycles. The first-order chi connectivity index (χ1) is 11.9. The summed E-state index contributed by atoms with van der Waals surface area (Å²) >= 11 is 0. The van der Waals surface area contributed by atoms with Crippen LogP contribution in [0.1, 0.15) is 25.8 Å². The van der Waals surface area contributed by atoms with Crippen LogP contribution in [-0.4, -0.2) is 30.2 Å². The molecule has 1 unspecified atom stereocenters. The molecule has 0 aliphatic heterocycles. The molecule has 2 aromatic rings. The van der Waals surface area contributed by atoms with E-state index in [0.717, 1.165) is 5.56 Å². The number of hydrogen-bond acceptors (Lipinski definition) is 4. The molecule has 0 aliphatic rings. The van der Waals surface area contributed by atoms with Crippen molar-refractivity contribution < 1.29 is 13.3 Å². The number of benzene rings is 2. The van der Waals surface area contributed by atoms with Gasteiger partial charge in [0.25, 0.3) is 5.69 Å². The van der Waals surface area contributed by atoms with Gasteiger partial charge in [-0.1, -0.05) is 49.4 Å². The van der Waals surface area contributed by atoms with Crippen molar-refractivity contribution in [1.82, 2.24) is 4.31 Å². The topological polar surface area (TPSA) is 80.5 Å². The number of hydrogen-bond donors (Lipinski definition) is 0. The van der Waals surface area contributed by atoms with Crippen molar-refractivity contribution >= 4 is 15.7 Å². The SMILES string of the molecule is CCC(C)N(CCc1ccccc1)S(=O)(=O)c1ccccc1[N+](=O)[O-]. The number of rotatable bonds is 8. The van der Waals surface area contributed by atoms with Gasteiger partial charge in [-0.15, -0.1) is 0 Å². The maximum atomic E-state index is 13.1. The first-order valence-corrected chi connectivity index (χ1v) is 9.61. The predicted molar refractivity (Wildman–Crippen MR) is 96.9 cm³/mol. The molecule has 0 fully saturated rings. The molecule has 0 bridgehead atoms. The van der Waals surface area contributed by atoms with Gasteiger partial charge in [0.2, 0.25) is 10.0 Å². The lowest BCUT2D eigenvalue weighted by atomic mass is 10.1. The monoisotopic (exact) mass is 362 g/mol. The third kappa shape index (κ3) is 4.43. The van der Waals surface area contributed by atoms with E-state index < -0.39 is 20.6 Å². The first-order valence-electron chi connectivity index (χ1n) is 8.17. The van der Waals surface area contributed by atoms with Crippen molar-refractivity contribution in [2.45, 2.75) is 37.6 Å². The van der Waals surface area contributed by atoms with Gasteiger partial charge in [0.05, 0.1) is 4.92 Å². The summed E-state index contributed by atoms with van der Waals surface area (Å²) in [5, 5.41) is 11.2. The zero-order valence-corrected chi connectivity index (χ0v) is 15.1. The van der Waals surface area contributed by atoms with E-state index in [1.54, 1.807) is 0 Å². The van der Waals surface area contributed by atoms with E-state index in [1.165, 1.54) is 28.6 Å². The van der Waals surface area contributed by atoms with E-state index in [4.69, 9.17) is 0 Å². The fraction of sp³-hybridized carbons (Fsp3) is 0.333. The molecule has 7 heteroatoms. The van der Waals surface area contributed by atoms with Gasteiger partial charge in [-0.3, -0.25) is 10.1 Å². The van der Waals surface area contributed by atoms with Crippen LogP contribution in [0.4, 0.5) is 5.69 Å². The average molecular weight is 362 g/mol. The highest BCUT2D eigenvalue weighted by Crippen LogP contribution is 2.28. The zero-order valence-electron chi connectivity index (χ0n) is 14.3. The molecule has 6 nitrogen and oxygen atoms in total. The summed E-state index contributed by atoms with van der Waals surface area (Å²) in [6.07, 6.45) is 1.17. The Morgan fingerprint density at radius 1 is 1.08 bits per heavy atom. The maximum Gasteiger partial charge on any atom is 0.289 e. The Morgan fingerprint density at radius 3 is 2.28 bits per heavy atom. The molecule has 0 aromatic heterocycles. The lowest BCUT2D eigenvalue weighted by Gasteiger charge is -2.27. The molecular weight excluding hydrogens is 340 g/mol. The number of nitro benzene ring substituents is 1. The van der Waals surface area contributed by atoms with E-state index in [2.05, 4.69) is 0 Å². The Morgan fingerprint density at radius 2 is 1.68 bits per heavy atom. The molecule has 0 radical (unpaired) electrons. The van der Waals surface area contributed by atoms with E-state index >= 15 is 0 Å². The van der Waals surface area contributed by atoms with Gasteiger partial charge in [0.15, 0.2) is 4.90 Å². The minimum Gasteiger partial charge on any atom is -0.258 e. The first kappa shape index (κ1) is 19.1. The second-order valence-corrected chi connectivity index (χ2v) is 7.69. The van der Waals surface area contributed by atoms with Gasteiger partial charge >= 0.3 is 0 Å². The molecular formula is C18H22N2O4S. The maximum absolute atomic E-state index is 13.1. The Labute approximate surface area is 148 Å². The Hall–Kier alpha value is -2.25. The summed E-state index contributed by atoms with van der Waals surface area (Å²) in [6.45, 7) is 3.99. The summed E-state index contributed by atoms with van der Waals surface area (Å²) < 4.78 is 27.6. The lowest BCUT2D eigenvalue weighted by Crippen LogP contribution is -2.40. The van der Waals surface area contributed by atoms with Gasteiger partial charge in [-0.05, 0) is 31.4 Å². The lowest BCUT2D eigenvalue weighted by molar-refractivity contribution is -0.387. The second kappa shape index (κ2) is 8.22. The fourth-order valence-electron chi connectivity index (χ4n) is 2.62. The predicted octanol–water partition coefficient (Wildman–Crippen LogP) is 3.63. The molecule has 0 heterocycles. The van der Waals surface area contributed by atoms with Gasteiger partial charge in [-0.25, -0.2) is 8.42 Å². The zero-order chi connectivity index (χ0) is 18.4. The van der Waals surface area contributed by atoms with E-state index in [9.17, 15) is 18.5 Å². The normalized spacial score (nSPS) is 12.9. The van der Waals surface area contributed by atoms with E-state index in [0.29, 0.717) is 12.8 Å². The molecule has 0 N–H and O–H groups in total. The van der Waals surface area contributed by atoms with Crippen LogP contribution in [0.3, 0.4) is 0 Å². The number of nitro groups is 1. The molecule has 0 amide bonds. The van der Waals surface area contributed by atoms with Crippen molar-refractivity contribution in [3.05, 3.63) is 70.3 Å². The Bertz CT molecular complexity index is 822. The quantitative estimate of drug-likeness (QED) is 0.530. The highest BCUT2D eigenvalue weighted by atomic mass is 32.2. The van der Waals surface area contributed by atoms with Gasteiger partial charge in [-0.2, -0.15) is 4.31 Å². The molecule has 0 spiro atoms. The third-order valence-corrected chi connectivity index (χ3v) is 6.26. The molecule has 0 saturated carbocycles. The molecule has 2 rings (SSSR count). The van der Waals surface area contributed by atoms with Crippen molar-refractivity contribution in [3.8, 4) is 0 Å². The highest BCUT2D eigenvalue weighted by molar-refractivity contribution is 7.89. The summed E-state index contributed by atoms with van der Waals surface area (Å²) in [5.41, 5.74) is 0.629. The Kier molecular flexibility index (Phi) is 6.27. The van der Waals surface area contributed by atoms with Crippen LogP contribution in [0.25, 0.3) is 0 Å². The highest BCUT2D eigenvalue weighted by Gasteiger charge is 2.33. The summed E-state index contributed by atoms with van der Waals surface area (Å²) in [7, 11) is -3.97. The smallest absolute Gasteiger partial charge is 0.258 e. The molecule has 25 heavy (non-hydrogen) atoms. The van der Waals surface area contributed by atoms with Crippen LogP contribution < -0.4 is 0 Å². The summed E-state index contributed by atoms with van der Waals surface area (Å²) in [6, 6.07) is 14.8. The fourth-order valence-corrected chi connectivity index (χ4v) is 4.48. The van der Waals surface area contributed by atoms with Crippen molar-refractivity contribution in [2.24, 2.45) is 0 Å². The van der Waals surface area contributed by atoms with Gasteiger partial charge < -0.3 is 0 Å². The van der Waals surface area contributed by atoms with E-state index in [-0.39, 0.29) is 17.5 Å². The van der Waals surface area contributed by atoms with Crippen LogP contribution >= 0.6 is 0 Å². The van der Waals surface area contributed by atoms with Crippen molar-refractivity contribution in [1.29, 1.82) is 0 Å². The van der Waals surface area contributed by atoms with Gasteiger partial charge in [0.1, 0.15) is 0 Å². The van der Waals surface area contributed by atoms with Crippen LogP contribution in [0.15, 0.2) is 59.5 Å². The van der Waals surface area contributed by atoms with Crippen LogP contribution in [0.5, 0.6) is 0 Å². The molecule has 1 atom stereocenters. The van der Waals surface area contributed by atoms with Gasteiger partial charge in [0, 0.05) is 18.7 Å². The van der Waals surface area contributed by atoms with Crippen molar-refractivity contribution in [2.75, 3.05) is 6.54 Å². The number of nitrogens with zero attached hydrogens (tertiary/aromatic N) is 2. The number of para-hydroxylation sites is 1. The van der Waals surface area contributed by atoms with Crippen LogP contribution in [0.2, 0.25) is 0 Å². The average Bonchev–Trinajstić information content (AvgIpc) is 2.62. The third-order valence-electron chi connectivity index (χ3n) is 4.19. The summed E-state index contributed by atoms with van der Waals surface area (Å²) in [4.78, 5) is 10.3. The standard InChI is InChI=1S/C18H22N2O4S/c1-3-15(2)19(14-13-16-9-5-4-6-10-16)25(23,24)18-12-8-7-11-17(18)20(21)22/h4-12,15H,3,13-14H2,1-2H3. The molecule has 2 aromatic carbocycles. The largest absolute Gasteiger partial charge is 0.289 e. The molecule has 134 valence electrons. The van der Waals surface area contributed by atoms with Crippen LogP contribution in [-0.2, 0) is 16.4 Å². The number of sulfonamides is 1. The van der Waals surface area contributed by atoms with Crippen molar-refractivity contribution in [3.63, 3.8) is 0 Å². The summed E-state index contributed by atoms with van der Waals surface area (Å²) in [5.74, 6) is 0. The Balaban J connectivity index is 2.38. The molecule has 0 saturated heterocycles. The van der Waals surface area contributed by atoms with E-state index in [1.807, 2.05) is 44.2 Å². The minimum atomic E-state index is -3.97. The minimum absolute atomic E-state index is 0.256. The van der Waals surface area contributed by atoms with Crippen LogP contribution in [0, 0.1) is 10.1 Å². The second-order valence-electron chi connectivity index (χ2n) is 5.83.